The standard InChI is InChI=1S/C18H18N2OS2/c1-4-14-7-9-15(10-8-14)11-16-17(21)20(18(22)23-16)19-12(2)5-6-13(19)3/h5-11H,4H2,1-3H3/b16-11-. The summed E-state index contributed by atoms with van der Waals surface area (Å²) in [6.45, 7) is 6.07. The Morgan fingerprint density at radius 2 is 1.70 bits per heavy atom. The van der Waals surface area contributed by atoms with E-state index < -0.39 is 0 Å². The van der Waals surface area contributed by atoms with Gasteiger partial charge in [-0.25, -0.2) is 0 Å². The van der Waals surface area contributed by atoms with Crippen LogP contribution in [0.3, 0.4) is 0 Å². The van der Waals surface area contributed by atoms with Gasteiger partial charge < -0.3 is 0 Å². The number of thiocarbonyl (C=S) groups is 1. The number of aromatic nitrogens is 1. The Morgan fingerprint density at radius 1 is 1.09 bits per heavy atom. The van der Waals surface area contributed by atoms with E-state index in [0.717, 1.165) is 23.4 Å². The highest BCUT2D eigenvalue weighted by Crippen LogP contribution is 2.32. The first-order valence-electron chi connectivity index (χ1n) is 7.53. The average Bonchev–Trinajstić information content (AvgIpc) is 3.00. The second-order valence-corrected chi connectivity index (χ2v) is 7.19. The third kappa shape index (κ3) is 2.99. The summed E-state index contributed by atoms with van der Waals surface area (Å²) in [6.07, 6.45) is 2.92. The predicted molar refractivity (Wildman–Crippen MR) is 101 cm³/mol. The van der Waals surface area contributed by atoms with Gasteiger partial charge in [-0.1, -0.05) is 43.0 Å². The quantitative estimate of drug-likeness (QED) is 0.617. The zero-order chi connectivity index (χ0) is 16.6. The molecule has 0 unspecified atom stereocenters. The van der Waals surface area contributed by atoms with Crippen molar-refractivity contribution in [3.8, 4) is 0 Å². The number of carbonyl (C=O) groups is 1. The summed E-state index contributed by atoms with van der Waals surface area (Å²) in [6, 6.07) is 12.2. The molecule has 118 valence electrons. The van der Waals surface area contributed by atoms with Gasteiger partial charge in [-0.05, 0) is 61.8 Å². The summed E-state index contributed by atoms with van der Waals surface area (Å²) in [5, 5.41) is 1.58. The molecular weight excluding hydrogens is 324 g/mol. The van der Waals surface area contributed by atoms with Crippen molar-refractivity contribution in [3.05, 3.63) is 63.8 Å². The van der Waals surface area contributed by atoms with Gasteiger partial charge in [-0.2, -0.15) is 5.01 Å². The van der Waals surface area contributed by atoms with Crippen molar-refractivity contribution in [2.24, 2.45) is 0 Å². The van der Waals surface area contributed by atoms with Crippen LogP contribution in [-0.4, -0.2) is 14.9 Å². The first kappa shape index (κ1) is 16.0. The Morgan fingerprint density at radius 3 is 2.26 bits per heavy atom. The molecule has 2 aromatic rings. The third-order valence-electron chi connectivity index (χ3n) is 3.89. The summed E-state index contributed by atoms with van der Waals surface area (Å²) >= 11 is 6.77. The first-order chi connectivity index (χ1) is 11.0. The molecule has 2 heterocycles. The molecular formula is C18H18N2OS2. The van der Waals surface area contributed by atoms with Gasteiger partial charge in [0, 0.05) is 11.4 Å². The van der Waals surface area contributed by atoms with Crippen molar-refractivity contribution < 1.29 is 4.79 Å². The summed E-state index contributed by atoms with van der Waals surface area (Å²) < 4.78 is 2.44. The maximum atomic E-state index is 12.8. The molecule has 0 atom stereocenters. The number of hydrogen-bond donors (Lipinski definition) is 0. The van der Waals surface area contributed by atoms with Crippen LogP contribution in [0.25, 0.3) is 6.08 Å². The third-order valence-corrected chi connectivity index (χ3v) is 5.18. The van der Waals surface area contributed by atoms with E-state index in [9.17, 15) is 4.79 Å². The second kappa shape index (κ2) is 6.34. The van der Waals surface area contributed by atoms with E-state index in [1.54, 1.807) is 5.01 Å². The lowest BCUT2D eigenvalue weighted by Gasteiger charge is -2.20. The molecule has 0 N–H and O–H groups in total. The van der Waals surface area contributed by atoms with Crippen LogP contribution < -0.4 is 5.01 Å². The minimum atomic E-state index is -0.0676. The molecule has 5 heteroatoms. The number of rotatable bonds is 3. The number of amides is 1. The number of benzene rings is 1. The molecule has 1 aromatic heterocycles. The molecule has 1 amide bonds. The van der Waals surface area contributed by atoms with Gasteiger partial charge in [0.1, 0.15) is 0 Å². The smallest absolute Gasteiger partial charge is 0.266 e. The Balaban J connectivity index is 1.93. The van der Waals surface area contributed by atoms with E-state index in [-0.39, 0.29) is 5.91 Å². The van der Waals surface area contributed by atoms with E-state index in [0.29, 0.717) is 9.23 Å². The van der Waals surface area contributed by atoms with Gasteiger partial charge in [-0.3, -0.25) is 9.47 Å². The first-order valence-corrected chi connectivity index (χ1v) is 8.76. The van der Waals surface area contributed by atoms with E-state index in [4.69, 9.17) is 12.2 Å². The van der Waals surface area contributed by atoms with Crippen LogP contribution in [0.4, 0.5) is 0 Å². The lowest BCUT2D eigenvalue weighted by Crippen LogP contribution is -2.39. The molecule has 1 aliphatic heterocycles. The molecule has 23 heavy (non-hydrogen) atoms. The van der Waals surface area contributed by atoms with Crippen molar-refractivity contribution in [1.29, 1.82) is 0 Å². The molecule has 0 saturated carbocycles. The van der Waals surface area contributed by atoms with Crippen LogP contribution in [0, 0.1) is 13.8 Å². The van der Waals surface area contributed by atoms with E-state index in [1.165, 1.54) is 17.3 Å². The van der Waals surface area contributed by atoms with Crippen LogP contribution in [0.2, 0.25) is 0 Å². The zero-order valence-electron chi connectivity index (χ0n) is 13.4. The Bertz CT molecular complexity index is 783. The van der Waals surface area contributed by atoms with Gasteiger partial charge in [-0.15, -0.1) is 0 Å². The van der Waals surface area contributed by atoms with Crippen LogP contribution in [-0.2, 0) is 11.2 Å². The molecule has 0 spiro atoms. The summed E-state index contributed by atoms with van der Waals surface area (Å²) in [5.41, 5.74) is 4.29. The Hall–Kier alpha value is -1.85. The highest BCUT2D eigenvalue weighted by Gasteiger charge is 2.34. The molecule has 1 aliphatic rings. The van der Waals surface area contributed by atoms with Crippen molar-refractivity contribution in [2.75, 3.05) is 5.01 Å². The fourth-order valence-corrected chi connectivity index (χ4v) is 3.85. The van der Waals surface area contributed by atoms with Crippen LogP contribution in [0.15, 0.2) is 41.3 Å². The van der Waals surface area contributed by atoms with Crippen LogP contribution >= 0.6 is 24.0 Å². The molecule has 1 saturated heterocycles. The number of hydrogen-bond acceptors (Lipinski definition) is 3. The lowest BCUT2D eigenvalue weighted by atomic mass is 10.1. The number of nitrogens with zero attached hydrogens (tertiary/aromatic N) is 2. The van der Waals surface area contributed by atoms with Gasteiger partial charge in [0.2, 0.25) is 0 Å². The normalized spacial score (nSPS) is 16.7. The summed E-state index contributed by atoms with van der Waals surface area (Å²) in [7, 11) is 0. The number of aryl methyl sites for hydroxylation is 3. The van der Waals surface area contributed by atoms with E-state index >= 15 is 0 Å². The topological polar surface area (TPSA) is 25.2 Å². The van der Waals surface area contributed by atoms with Crippen LogP contribution in [0.1, 0.15) is 29.4 Å². The fourth-order valence-electron chi connectivity index (χ4n) is 2.61. The monoisotopic (exact) mass is 342 g/mol. The SMILES string of the molecule is CCc1ccc(/C=C2\SC(=S)N(n3c(C)ccc3C)C2=O)cc1. The van der Waals surface area contributed by atoms with Crippen molar-refractivity contribution in [2.45, 2.75) is 27.2 Å². The minimum absolute atomic E-state index is 0.0676. The molecule has 3 nitrogen and oxygen atoms in total. The maximum absolute atomic E-state index is 12.8. The fraction of sp³-hybridized carbons (Fsp3) is 0.222. The maximum Gasteiger partial charge on any atom is 0.285 e. The lowest BCUT2D eigenvalue weighted by molar-refractivity contribution is -0.114. The highest BCUT2D eigenvalue weighted by atomic mass is 32.2. The van der Waals surface area contributed by atoms with E-state index in [2.05, 4.69) is 19.1 Å². The number of carbonyl (C=O) groups excluding carboxylic acids is 1. The molecule has 3 rings (SSSR count). The van der Waals surface area contributed by atoms with Crippen LogP contribution in [0.5, 0.6) is 0 Å². The predicted octanol–water partition coefficient (Wildman–Crippen LogP) is 4.20. The summed E-state index contributed by atoms with van der Waals surface area (Å²) in [5.74, 6) is -0.0676. The highest BCUT2D eigenvalue weighted by molar-refractivity contribution is 8.27. The van der Waals surface area contributed by atoms with Gasteiger partial charge >= 0.3 is 0 Å². The molecule has 1 aromatic carbocycles. The van der Waals surface area contributed by atoms with E-state index in [1.807, 2.05) is 48.9 Å². The Labute approximate surface area is 146 Å². The van der Waals surface area contributed by atoms with Gasteiger partial charge in [0.25, 0.3) is 5.91 Å². The van der Waals surface area contributed by atoms with Crippen molar-refractivity contribution >= 4 is 40.3 Å². The second-order valence-electron chi connectivity index (χ2n) is 5.52. The van der Waals surface area contributed by atoms with Gasteiger partial charge in [0.15, 0.2) is 4.32 Å². The molecule has 0 radical (unpaired) electrons. The molecule has 0 bridgehead atoms. The largest absolute Gasteiger partial charge is 0.285 e. The van der Waals surface area contributed by atoms with Crippen molar-refractivity contribution in [1.82, 2.24) is 4.68 Å². The van der Waals surface area contributed by atoms with Gasteiger partial charge in [0.05, 0.1) is 4.91 Å². The summed E-state index contributed by atoms with van der Waals surface area (Å²) in [4.78, 5) is 13.4. The zero-order valence-corrected chi connectivity index (χ0v) is 15.0. The average molecular weight is 342 g/mol. The minimum Gasteiger partial charge on any atom is -0.266 e. The Kier molecular flexibility index (Phi) is 4.41. The number of thioether (sulfide) groups is 1. The van der Waals surface area contributed by atoms with Crippen molar-refractivity contribution in [3.63, 3.8) is 0 Å². The molecule has 0 aliphatic carbocycles. The molecule has 1 fully saturated rings.